The summed E-state index contributed by atoms with van der Waals surface area (Å²) >= 11 is 0. The van der Waals surface area contributed by atoms with Gasteiger partial charge >= 0.3 is 0 Å². The predicted molar refractivity (Wildman–Crippen MR) is 74.0 cm³/mol. The summed E-state index contributed by atoms with van der Waals surface area (Å²) in [6.07, 6.45) is -0.562. The van der Waals surface area contributed by atoms with E-state index in [0.717, 1.165) is 11.1 Å². The lowest BCUT2D eigenvalue weighted by Gasteiger charge is -2.19. The van der Waals surface area contributed by atoms with Gasteiger partial charge in [-0.15, -0.1) is 0 Å². The first-order valence-electron chi connectivity index (χ1n) is 6.33. The topological polar surface area (TPSA) is 62.1 Å². The standard InChI is InChI=1S/C15H20N2O2/c1-9(2)17-15(18)12(5)19-14-10(3)6-13(8-16)7-11(14)4/h6-7,9,12H,1-5H3,(H,17,18). The third-order valence-corrected chi connectivity index (χ3v) is 2.68. The summed E-state index contributed by atoms with van der Waals surface area (Å²) in [5.74, 6) is 0.531. The molecule has 1 rings (SSSR count). The van der Waals surface area contributed by atoms with Crippen LogP contribution in [-0.4, -0.2) is 18.1 Å². The Labute approximate surface area is 114 Å². The largest absolute Gasteiger partial charge is 0.480 e. The summed E-state index contributed by atoms with van der Waals surface area (Å²) < 4.78 is 5.72. The molecule has 0 spiro atoms. The number of rotatable bonds is 4. The van der Waals surface area contributed by atoms with E-state index >= 15 is 0 Å². The van der Waals surface area contributed by atoms with Gasteiger partial charge in [-0.25, -0.2) is 0 Å². The fraction of sp³-hybridized carbons (Fsp3) is 0.467. The Bertz CT molecular complexity index is 492. The third-order valence-electron chi connectivity index (χ3n) is 2.68. The van der Waals surface area contributed by atoms with Gasteiger partial charge in [0.05, 0.1) is 11.6 Å². The van der Waals surface area contributed by atoms with E-state index in [9.17, 15) is 4.79 Å². The predicted octanol–water partition coefficient (Wildman–Crippen LogP) is 2.47. The Morgan fingerprint density at radius 3 is 2.21 bits per heavy atom. The molecule has 4 heteroatoms. The van der Waals surface area contributed by atoms with Gasteiger partial charge in [0.25, 0.3) is 5.91 Å². The van der Waals surface area contributed by atoms with Crippen LogP contribution in [0.1, 0.15) is 37.5 Å². The van der Waals surface area contributed by atoms with E-state index in [2.05, 4.69) is 11.4 Å². The third kappa shape index (κ3) is 3.99. The zero-order chi connectivity index (χ0) is 14.6. The van der Waals surface area contributed by atoms with Crippen LogP contribution in [-0.2, 0) is 4.79 Å². The lowest BCUT2D eigenvalue weighted by molar-refractivity contribution is -0.127. The number of amides is 1. The fourth-order valence-corrected chi connectivity index (χ4v) is 1.83. The van der Waals surface area contributed by atoms with Gasteiger partial charge in [0.2, 0.25) is 0 Å². The van der Waals surface area contributed by atoms with Gasteiger partial charge in [0, 0.05) is 6.04 Å². The highest BCUT2D eigenvalue weighted by Crippen LogP contribution is 2.25. The molecule has 1 aromatic rings. The molecular weight excluding hydrogens is 240 g/mol. The van der Waals surface area contributed by atoms with Gasteiger partial charge < -0.3 is 10.1 Å². The Morgan fingerprint density at radius 2 is 1.79 bits per heavy atom. The Kier molecular flexibility index (Phi) is 4.94. The average Bonchev–Trinajstić information content (AvgIpc) is 2.32. The molecular formula is C15H20N2O2. The van der Waals surface area contributed by atoms with Gasteiger partial charge in [0.1, 0.15) is 5.75 Å². The molecule has 0 radical (unpaired) electrons. The molecule has 0 saturated carbocycles. The highest BCUT2D eigenvalue weighted by atomic mass is 16.5. The van der Waals surface area contributed by atoms with Crippen LogP contribution in [0.5, 0.6) is 5.75 Å². The summed E-state index contributed by atoms with van der Waals surface area (Å²) in [5, 5.41) is 11.7. The molecule has 0 aliphatic heterocycles. The number of nitrogens with one attached hydrogen (secondary N) is 1. The second-order valence-corrected chi connectivity index (χ2v) is 4.97. The number of ether oxygens (including phenoxy) is 1. The van der Waals surface area contributed by atoms with E-state index < -0.39 is 6.10 Å². The Hall–Kier alpha value is -2.02. The Morgan fingerprint density at radius 1 is 1.26 bits per heavy atom. The Balaban J connectivity index is 2.89. The molecule has 1 unspecified atom stereocenters. The van der Waals surface area contributed by atoms with Crippen LogP contribution >= 0.6 is 0 Å². The minimum atomic E-state index is -0.562. The SMILES string of the molecule is Cc1cc(C#N)cc(C)c1OC(C)C(=O)NC(C)C. The fourth-order valence-electron chi connectivity index (χ4n) is 1.83. The smallest absolute Gasteiger partial charge is 0.260 e. The maximum Gasteiger partial charge on any atom is 0.260 e. The summed E-state index contributed by atoms with van der Waals surface area (Å²) in [6, 6.07) is 5.71. The van der Waals surface area contributed by atoms with Crippen molar-refractivity contribution in [3.63, 3.8) is 0 Å². The highest BCUT2D eigenvalue weighted by Gasteiger charge is 2.17. The number of carbonyl (C=O) groups is 1. The van der Waals surface area contributed by atoms with E-state index in [1.807, 2.05) is 27.7 Å². The van der Waals surface area contributed by atoms with Crippen molar-refractivity contribution in [1.29, 1.82) is 5.26 Å². The van der Waals surface area contributed by atoms with Crippen LogP contribution in [0, 0.1) is 25.2 Å². The molecule has 0 aliphatic rings. The second kappa shape index (κ2) is 6.24. The number of carbonyl (C=O) groups excluding carboxylic acids is 1. The molecule has 1 atom stereocenters. The molecule has 4 nitrogen and oxygen atoms in total. The van der Waals surface area contributed by atoms with Crippen molar-refractivity contribution < 1.29 is 9.53 Å². The zero-order valence-electron chi connectivity index (χ0n) is 12.1. The summed E-state index contributed by atoms with van der Waals surface area (Å²) in [7, 11) is 0. The summed E-state index contributed by atoms with van der Waals surface area (Å²) in [5.41, 5.74) is 2.32. The minimum absolute atomic E-state index is 0.0849. The maximum absolute atomic E-state index is 11.8. The van der Waals surface area contributed by atoms with E-state index in [1.165, 1.54) is 0 Å². The molecule has 0 fully saturated rings. The second-order valence-electron chi connectivity index (χ2n) is 4.97. The van der Waals surface area contributed by atoms with Crippen molar-refractivity contribution in [3.8, 4) is 11.8 Å². The monoisotopic (exact) mass is 260 g/mol. The first kappa shape index (κ1) is 15.0. The van der Waals surface area contributed by atoms with Crippen LogP contribution in [0.25, 0.3) is 0 Å². The summed E-state index contributed by atoms with van der Waals surface area (Å²) in [4.78, 5) is 11.8. The maximum atomic E-state index is 11.8. The number of nitriles is 1. The molecule has 1 amide bonds. The normalized spacial score (nSPS) is 11.8. The van der Waals surface area contributed by atoms with Crippen LogP contribution in [0.2, 0.25) is 0 Å². The van der Waals surface area contributed by atoms with Crippen LogP contribution < -0.4 is 10.1 Å². The van der Waals surface area contributed by atoms with Crippen molar-refractivity contribution in [2.45, 2.75) is 46.8 Å². The van der Waals surface area contributed by atoms with Gasteiger partial charge in [-0.05, 0) is 57.9 Å². The van der Waals surface area contributed by atoms with Crippen molar-refractivity contribution in [3.05, 3.63) is 28.8 Å². The molecule has 102 valence electrons. The average molecular weight is 260 g/mol. The number of hydrogen-bond acceptors (Lipinski definition) is 3. The van der Waals surface area contributed by atoms with E-state index in [1.54, 1.807) is 19.1 Å². The lowest BCUT2D eigenvalue weighted by Crippen LogP contribution is -2.40. The summed E-state index contributed by atoms with van der Waals surface area (Å²) in [6.45, 7) is 9.27. The van der Waals surface area contributed by atoms with Gasteiger partial charge in [-0.2, -0.15) is 5.26 Å². The molecule has 19 heavy (non-hydrogen) atoms. The van der Waals surface area contributed by atoms with Crippen molar-refractivity contribution in [2.75, 3.05) is 0 Å². The van der Waals surface area contributed by atoms with Crippen LogP contribution in [0.3, 0.4) is 0 Å². The highest BCUT2D eigenvalue weighted by molar-refractivity contribution is 5.81. The van der Waals surface area contributed by atoms with E-state index in [4.69, 9.17) is 10.00 Å². The van der Waals surface area contributed by atoms with Crippen molar-refractivity contribution in [1.82, 2.24) is 5.32 Å². The van der Waals surface area contributed by atoms with E-state index in [0.29, 0.717) is 11.3 Å². The van der Waals surface area contributed by atoms with Gasteiger partial charge in [-0.1, -0.05) is 0 Å². The molecule has 1 N–H and O–H groups in total. The molecule has 0 aliphatic carbocycles. The van der Waals surface area contributed by atoms with Crippen LogP contribution in [0.4, 0.5) is 0 Å². The zero-order valence-corrected chi connectivity index (χ0v) is 12.1. The molecule has 0 saturated heterocycles. The van der Waals surface area contributed by atoms with Gasteiger partial charge in [0.15, 0.2) is 6.10 Å². The molecule has 1 aromatic carbocycles. The first-order chi connectivity index (χ1) is 8.85. The number of hydrogen-bond donors (Lipinski definition) is 1. The lowest BCUT2D eigenvalue weighted by atomic mass is 10.1. The van der Waals surface area contributed by atoms with Gasteiger partial charge in [-0.3, -0.25) is 4.79 Å². The number of nitrogens with zero attached hydrogens (tertiary/aromatic N) is 1. The van der Waals surface area contributed by atoms with Crippen LogP contribution in [0.15, 0.2) is 12.1 Å². The van der Waals surface area contributed by atoms with Crippen molar-refractivity contribution >= 4 is 5.91 Å². The number of aryl methyl sites for hydroxylation is 2. The molecule has 0 aromatic heterocycles. The van der Waals surface area contributed by atoms with E-state index in [-0.39, 0.29) is 11.9 Å². The minimum Gasteiger partial charge on any atom is -0.480 e. The quantitative estimate of drug-likeness (QED) is 0.904. The van der Waals surface area contributed by atoms with Crippen molar-refractivity contribution in [2.24, 2.45) is 0 Å². The molecule has 0 bridgehead atoms. The molecule has 0 heterocycles. The number of benzene rings is 1. The first-order valence-corrected chi connectivity index (χ1v) is 6.33.